The Morgan fingerprint density at radius 3 is 2.67 bits per heavy atom. The van der Waals surface area contributed by atoms with Gasteiger partial charge in [-0.2, -0.15) is 0 Å². The van der Waals surface area contributed by atoms with Gasteiger partial charge in [-0.25, -0.2) is 0 Å². The lowest BCUT2D eigenvalue weighted by atomic mass is 10.2. The average Bonchev–Trinajstić information content (AvgIpc) is 3.08. The number of piperazine rings is 1. The summed E-state index contributed by atoms with van der Waals surface area (Å²) in [5.41, 5.74) is 0.856. The Morgan fingerprint density at radius 1 is 1.08 bits per heavy atom. The Morgan fingerprint density at radius 2 is 1.83 bits per heavy atom. The first-order chi connectivity index (χ1) is 11.7. The molecule has 0 spiro atoms. The number of carbonyl (C=O) groups excluding carboxylic acids is 2. The van der Waals surface area contributed by atoms with E-state index in [0.29, 0.717) is 18.0 Å². The van der Waals surface area contributed by atoms with Crippen molar-refractivity contribution in [2.24, 2.45) is 0 Å². The van der Waals surface area contributed by atoms with E-state index in [1.807, 2.05) is 6.07 Å². The zero-order chi connectivity index (χ0) is 16.8. The molecule has 0 unspecified atom stereocenters. The largest absolute Gasteiger partial charge is 0.454 e. The van der Waals surface area contributed by atoms with Crippen molar-refractivity contribution in [1.82, 2.24) is 10.6 Å². The molecule has 0 aromatic heterocycles. The smallest absolute Gasteiger partial charge is 0.309 e. The number of amides is 2. The Balaban J connectivity index is 1.37. The van der Waals surface area contributed by atoms with Crippen LogP contribution in [0, 0.1) is 0 Å². The molecule has 5 N–H and O–H groups in total. The van der Waals surface area contributed by atoms with E-state index in [0.717, 1.165) is 38.3 Å². The first-order valence-corrected chi connectivity index (χ1v) is 8.32. The van der Waals surface area contributed by atoms with Crippen molar-refractivity contribution in [3.05, 3.63) is 23.8 Å². The lowest BCUT2D eigenvalue weighted by molar-refractivity contribution is -0.945. The molecule has 3 rings (SSSR count). The van der Waals surface area contributed by atoms with Gasteiger partial charge in [-0.1, -0.05) is 6.07 Å². The van der Waals surface area contributed by atoms with Crippen LogP contribution in [0.3, 0.4) is 0 Å². The Bertz CT molecular complexity index is 602. The molecule has 130 valence electrons. The molecule has 2 aliphatic heterocycles. The highest BCUT2D eigenvalue weighted by molar-refractivity contribution is 6.35. The molecule has 0 bridgehead atoms. The van der Waals surface area contributed by atoms with E-state index in [1.165, 1.54) is 4.90 Å². The van der Waals surface area contributed by atoms with E-state index >= 15 is 0 Å². The van der Waals surface area contributed by atoms with Gasteiger partial charge < -0.3 is 30.3 Å². The molecular formula is C16H24N4O4+2. The van der Waals surface area contributed by atoms with Crippen molar-refractivity contribution in [2.45, 2.75) is 6.54 Å². The molecule has 1 aromatic rings. The van der Waals surface area contributed by atoms with Crippen molar-refractivity contribution in [1.29, 1.82) is 0 Å². The maximum atomic E-state index is 11.8. The van der Waals surface area contributed by atoms with Crippen molar-refractivity contribution < 1.29 is 29.3 Å². The molecule has 0 atom stereocenters. The van der Waals surface area contributed by atoms with E-state index in [4.69, 9.17) is 9.47 Å². The third-order valence-electron chi connectivity index (χ3n) is 4.26. The molecule has 0 radical (unpaired) electrons. The molecule has 1 fully saturated rings. The van der Waals surface area contributed by atoms with Crippen LogP contribution in [0.25, 0.3) is 0 Å². The SMILES string of the molecule is O=C(NCC[NH+]1CC[NH2+]CC1)C(=O)NCc1ccc2c(c1)OCO2. The van der Waals surface area contributed by atoms with Crippen molar-refractivity contribution >= 4 is 11.8 Å². The Hall–Kier alpha value is -2.32. The molecule has 8 nitrogen and oxygen atoms in total. The highest BCUT2D eigenvalue weighted by Crippen LogP contribution is 2.32. The van der Waals surface area contributed by atoms with Crippen LogP contribution in [0.1, 0.15) is 5.56 Å². The highest BCUT2D eigenvalue weighted by atomic mass is 16.7. The van der Waals surface area contributed by atoms with E-state index in [9.17, 15) is 9.59 Å². The summed E-state index contributed by atoms with van der Waals surface area (Å²) >= 11 is 0. The average molecular weight is 336 g/mol. The van der Waals surface area contributed by atoms with Gasteiger partial charge in [-0.05, 0) is 17.7 Å². The van der Waals surface area contributed by atoms with Gasteiger partial charge in [0.1, 0.15) is 26.2 Å². The fraction of sp³-hybridized carbons (Fsp3) is 0.500. The summed E-state index contributed by atoms with van der Waals surface area (Å²) in [6, 6.07) is 5.43. The van der Waals surface area contributed by atoms with Crippen LogP contribution in [-0.4, -0.2) is 57.9 Å². The third kappa shape index (κ3) is 4.36. The standard InChI is InChI=1S/C16H22N4O4/c21-15(18-5-8-20-6-3-17-4-7-20)16(22)19-10-12-1-2-13-14(9-12)24-11-23-13/h1-2,9,17H,3-8,10-11H2,(H,18,21)(H,19,22)/p+2. The number of rotatable bonds is 5. The number of quaternary nitrogens is 2. The first kappa shape index (κ1) is 16.5. The second-order valence-electron chi connectivity index (χ2n) is 5.99. The summed E-state index contributed by atoms with van der Waals surface area (Å²) in [5, 5.41) is 7.60. The molecular weight excluding hydrogens is 312 g/mol. The summed E-state index contributed by atoms with van der Waals surface area (Å²) in [6.45, 7) is 6.32. The van der Waals surface area contributed by atoms with Gasteiger partial charge in [0.25, 0.3) is 0 Å². The maximum Gasteiger partial charge on any atom is 0.309 e. The van der Waals surface area contributed by atoms with Crippen LogP contribution < -0.4 is 30.3 Å². The van der Waals surface area contributed by atoms with E-state index in [1.54, 1.807) is 12.1 Å². The van der Waals surface area contributed by atoms with Crippen molar-refractivity contribution in [2.75, 3.05) is 46.1 Å². The number of nitrogens with two attached hydrogens (primary N) is 1. The summed E-state index contributed by atoms with van der Waals surface area (Å²) < 4.78 is 10.5. The predicted molar refractivity (Wildman–Crippen MR) is 84.6 cm³/mol. The summed E-state index contributed by atoms with van der Waals surface area (Å²) in [7, 11) is 0. The lowest BCUT2D eigenvalue weighted by Crippen LogP contribution is -3.21. The minimum atomic E-state index is -0.616. The summed E-state index contributed by atoms with van der Waals surface area (Å²) in [5.74, 6) is 0.155. The fourth-order valence-electron chi connectivity index (χ4n) is 2.88. The molecule has 0 aliphatic carbocycles. The second kappa shape index (κ2) is 7.98. The zero-order valence-electron chi connectivity index (χ0n) is 13.6. The predicted octanol–water partition coefficient (Wildman–Crippen LogP) is -3.39. The molecule has 1 aromatic carbocycles. The van der Waals surface area contributed by atoms with Crippen LogP contribution >= 0.6 is 0 Å². The third-order valence-corrected chi connectivity index (χ3v) is 4.26. The van der Waals surface area contributed by atoms with Gasteiger partial charge in [0.2, 0.25) is 6.79 Å². The van der Waals surface area contributed by atoms with Crippen LogP contribution in [0.4, 0.5) is 0 Å². The van der Waals surface area contributed by atoms with Crippen LogP contribution in [0.2, 0.25) is 0 Å². The molecule has 1 saturated heterocycles. The Labute approximate surface area is 140 Å². The van der Waals surface area contributed by atoms with E-state index in [2.05, 4.69) is 16.0 Å². The van der Waals surface area contributed by atoms with E-state index < -0.39 is 11.8 Å². The molecule has 8 heteroatoms. The quantitative estimate of drug-likeness (QED) is 0.422. The minimum Gasteiger partial charge on any atom is -0.454 e. The number of benzene rings is 1. The highest BCUT2D eigenvalue weighted by Gasteiger charge is 2.18. The van der Waals surface area contributed by atoms with Gasteiger partial charge in [-0.3, -0.25) is 9.59 Å². The van der Waals surface area contributed by atoms with E-state index in [-0.39, 0.29) is 13.3 Å². The van der Waals surface area contributed by atoms with Gasteiger partial charge >= 0.3 is 11.8 Å². The number of hydrogen-bond acceptors (Lipinski definition) is 4. The van der Waals surface area contributed by atoms with Crippen LogP contribution in [0.5, 0.6) is 11.5 Å². The molecule has 0 saturated carbocycles. The lowest BCUT2D eigenvalue weighted by Gasteiger charge is -2.22. The zero-order valence-corrected chi connectivity index (χ0v) is 13.6. The molecule has 2 heterocycles. The normalized spacial score (nSPS) is 16.7. The second-order valence-corrected chi connectivity index (χ2v) is 5.99. The first-order valence-electron chi connectivity index (χ1n) is 8.32. The fourth-order valence-corrected chi connectivity index (χ4v) is 2.88. The van der Waals surface area contributed by atoms with Gasteiger partial charge in [0, 0.05) is 6.54 Å². The molecule has 2 amide bonds. The monoisotopic (exact) mass is 336 g/mol. The minimum absolute atomic E-state index is 0.213. The summed E-state index contributed by atoms with van der Waals surface area (Å²) in [6.07, 6.45) is 0. The van der Waals surface area contributed by atoms with Crippen molar-refractivity contribution in [3.8, 4) is 11.5 Å². The number of ether oxygens (including phenoxy) is 2. The topological polar surface area (TPSA) is 97.7 Å². The van der Waals surface area contributed by atoms with Gasteiger partial charge in [0.05, 0.1) is 13.1 Å². The number of nitrogens with one attached hydrogen (secondary N) is 3. The number of hydrogen-bond donors (Lipinski definition) is 4. The number of fused-ring (bicyclic) bond motifs is 1. The van der Waals surface area contributed by atoms with Gasteiger partial charge in [0.15, 0.2) is 11.5 Å². The van der Waals surface area contributed by atoms with Crippen molar-refractivity contribution in [3.63, 3.8) is 0 Å². The van der Waals surface area contributed by atoms with Gasteiger partial charge in [-0.15, -0.1) is 0 Å². The van der Waals surface area contributed by atoms with Crippen LogP contribution in [-0.2, 0) is 16.1 Å². The molecule has 24 heavy (non-hydrogen) atoms. The Kier molecular flexibility index (Phi) is 5.50. The van der Waals surface area contributed by atoms with Crippen LogP contribution in [0.15, 0.2) is 18.2 Å². The maximum absolute atomic E-state index is 11.8. The molecule has 2 aliphatic rings. The summed E-state index contributed by atoms with van der Waals surface area (Å²) in [4.78, 5) is 25.1. The number of carbonyl (C=O) groups is 2.